The van der Waals surface area contributed by atoms with Crippen molar-refractivity contribution in [1.82, 2.24) is 10.6 Å². The van der Waals surface area contributed by atoms with Gasteiger partial charge in [-0.3, -0.25) is 10.1 Å². The molecule has 1 atom stereocenters. The highest BCUT2D eigenvalue weighted by Crippen LogP contribution is 2.17. The average molecular weight is 385 g/mol. The molecule has 2 rings (SSSR count). The van der Waals surface area contributed by atoms with Crippen molar-refractivity contribution < 1.29 is 23.9 Å². The topological polar surface area (TPSA) is 118 Å². The maximum atomic E-state index is 12.2. The lowest BCUT2D eigenvalue weighted by atomic mass is 10.1. The molecule has 0 heterocycles. The highest BCUT2D eigenvalue weighted by atomic mass is 16.5. The zero-order valence-electron chi connectivity index (χ0n) is 15.9. The van der Waals surface area contributed by atoms with E-state index >= 15 is 0 Å². The summed E-state index contributed by atoms with van der Waals surface area (Å²) in [6.45, 7) is 1.33. The molecular weight excluding hydrogens is 362 g/mol. The van der Waals surface area contributed by atoms with E-state index in [0.717, 1.165) is 25.7 Å². The Morgan fingerprint density at radius 3 is 2.64 bits per heavy atom. The predicted octanol–water partition coefficient (Wildman–Crippen LogP) is 2.30. The van der Waals surface area contributed by atoms with Gasteiger partial charge in [-0.2, -0.15) is 5.26 Å². The van der Waals surface area contributed by atoms with Gasteiger partial charge in [0.05, 0.1) is 7.11 Å². The lowest BCUT2D eigenvalue weighted by Gasteiger charge is -2.15. The van der Waals surface area contributed by atoms with Crippen LogP contribution in [0.2, 0.25) is 0 Å². The number of urea groups is 1. The summed E-state index contributed by atoms with van der Waals surface area (Å²) in [5.74, 6) is -1.15. The Morgan fingerprint density at radius 2 is 2.00 bits per heavy atom. The summed E-state index contributed by atoms with van der Waals surface area (Å²) < 4.78 is 10.1. The van der Waals surface area contributed by atoms with Gasteiger partial charge in [0.2, 0.25) is 0 Å². The van der Waals surface area contributed by atoms with Gasteiger partial charge in [-0.05, 0) is 43.5 Å². The number of ether oxygens (including phenoxy) is 2. The van der Waals surface area contributed by atoms with Gasteiger partial charge in [-0.1, -0.05) is 25.0 Å². The number of rotatable bonds is 6. The Labute approximate surface area is 163 Å². The van der Waals surface area contributed by atoms with E-state index in [0.29, 0.717) is 11.3 Å². The van der Waals surface area contributed by atoms with Gasteiger partial charge in [0.25, 0.3) is 5.91 Å². The molecule has 148 valence electrons. The molecule has 1 aliphatic carbocycles. The first kappa shape index (κ1) is 21.0. The van der Waals surface area contributed by atoms with Crippen LogP contribution in [0.3, 0.4) is 0 Å². The van der Waals surface area contributed by atoms with Gasteiger partial charge in [0, 0.05) is 6.04 Å². The number of nitrogens with one attached hydrogen (secondary N) is 2. The molecular formula is C20H23N3O5. The molecule has 1 aromatic carbocycles. The second-order valence-corrected chi connectivity index (χ2v) is 6.44. The Balaban J connectivity index is 1.93. The lowest BCUT2D eigenvalue weighted by Crippen LogP contribution is -2.47. The SMILES string of the molecule is COc1cccc(/C=C(\C#N)C(=O)O[C@H](C)C(=O)NC(=O)NC2CCCC2)c1. The molecule has 1 aliphatic rings. The smallest absolute Gasteiger partial charge is 0.349 e. The van der Waals surface area contributed by atoms with Crippen molar-refractivity contribution in [2.45, 2.75) is 44.8 Å². The first-order valence-electron chi connectivity index (χ1n) is 9.01. The minimum Gasteiger partial charge on any atom is -0.497 e. The molecule has 0 radical (unpaired) electrons. The molecule has 0 saturated heterocycles. The highest BCUT2D eigenvalue weighted by Gasteiger charge is 2.24. The molecule has 1 fully saturated rings. The van der Waals surface area contributed by atoms with Crippen LogP contribution in [-0.4, -0.2) is 37.2 Å². The standard InChI is InChI=1S/C20H23N3O5/c1-13(18(24)23-20(26)22-16-7-3-4-8-16)28-19(25)15(12-21)10-14-6-5-9-17(11-14)27-2/h5-6,9-11,13,16H,3-4,7-8H2,1-2H3,(H2,22,23,24,26)/b15-10+/t13-/m1/s1. The molecule has 28 heavy (non-hydrogen) atoms. The first-order chi connectivity index (χ1) is 13.4. The number of hydrogen-bond donors (Lipinski definition) is 2. The number of esters is 1. The number of nitrogens with zero attached hydrogens (tertiary/aromatic N) is 1. The molecule has 3 amide bonds. The molecule has 1 aromatic rings. The van der Waals surface area contributed by atoms with E-state index in [1.807, 2.05) is 0 Å². The summed E-state index contributed by atoms with van der Waals surface area (Å²) >= 11 is 0. The molecule has 2 N–H and O–H groups in total. The van der Waals surface area contributed by atoms with Gasteiger partial charge in [0.1, 0.15) is 17.4 Å². The van der Waals surface area contributed by atoms with Crippen molar-refractivity contribution in [3.8, 4) is 11.8 Å². The summed E-state index contributed by atoms with van der Waals surface area (Å²) in [4.78, 5) is 36.1. The summed E-state index contributed by atoms with van der Waals surface area (Å²) in [7, 11) is 1.51. The van der Waals surface area contributed by atoms with Gasteiger partial charge >= 0.3 is 12.0 Å². The number of nitriles is 1. The molecule has 0 aliphatic heterocycles. The van der Waals surface area contributed by atoms with Crippen LogP contribution in [-0.2, 0) is 14.3 Å². The molecule has 0 unspecified atom stereocenters. The predicted molar refractivity (Wildman–Crippen MR) is 101 cm³/mol. The lowest BCUT2D eigenvalue weighted by molar-refractivity contribution is -0.150. The fourth-order valence-electron chi connectivity index (χ4n) is 2.82. The van der Waals surface area contributed by atoms with E-state index in [1.54, 1.807) is 30.3 Å². The first-order valence-corrected chi connectivity index (χ1v) is 9.01. The third kappa shape index (κ3) is 6.13. The highest BCUT2D eigenvalue weighted by molar-refractivity contribution is 6.01. The van der Waals surface area contributed by atoms with Crippen molar-refractivity contribution in [2.75, 3.05) is 7.11 Å². The number of benzene rings is 1. The molecule has 8 nitrogen and oxygen atoms in total. The van der Waals surface area contributed by atoms with Crippen LogP contribution >= 0.6 is 0 Å². The van der Waals surface area contributed by atoms with Crippen LogP contribution in [0.25, 0.3) is 6.08 Å². The number of methoxy groups -OCH3 is 1. The monoisotopic (exact) mass is 385 g/mol. The van der Waals surface area contributed by atoms with Crippen molar-refractivity contribution in [3.63, 3.8) is 0 Å². The Bertz CT molecular complexity index is 806. The van der Waals surface area contributed by atoms with Crippen LogP contribution in [0, 0.1) is 11.3 Å². The summed E-state index contributed by atoms with van der Waals surface area (Å²) in [5.41, 5.74) is 0.296. The number of imide groups is 1. The Kier molecular flexibility index (Phi) is 7.57. The van der Waals surface area contributed by atoms with Gasteiger partial charge < -0.3 is 14.8 Å². The van der Waals surface area contributed by atoms with E-state index in [1.165, 1.54) is 20.1 Å². The summed E-state index contributed by atoms with van der Waals surface area (Å²) in [5, 5.41) is 14.1. The molecule has 0 aromatic heterocycles. The fraction of sp³-hybridized carbons (Fsp3) is 0.400. The van der Waals surface area contributed by atoms with E-state index in [9.17, 15) is 19.6 Å². The maximum Gasteiger partial charge on any atom is 0.349 e. The van der Waals surface area contributed by atoms with Crippen LogP contribution in [0.4, 0.5) is 4.79 Å². The average Bonchev–Trinajstić information content (AvgIpc) is 3.18. The number of carbonyl (C=O) groups is 3. The summed E-state index contributed by atoms with van der Waals surface area (Å²) in [6.07, 6.45) is 3.96. The van der Waals surface area contributed by atoms with E-state index in [4.69, 9.17) is 9.47 Å². The molecule has 0 bridgehead atoms. The number of hydrogen-bond acceptors (Lipinski definition) is 6. The van der Waals surface area contributed by atoms with Gasteiger partial charge in [-0.15, -0.1) is 0 Å². The second-order valence-electron chi connectivity index (χ2n) is 6.44. The van der Waals surface area contributed by atoms with Crippen LogP contribution in [0.1, 0.15) is 38.2 Å². The largest absolute Gasteiger partial charge is 0.497 e. The molecule has 1 saturated carbocycles. The maximum absolute atomic E-state index is 12.2. The van der Waals surface area contributed by atoms with Crippen molar-refractivity contribution >= 4 is 24.0 Å². The molecule has 8 heteroatoms. The van der Waals surface area contributed by atoms with Gasteiger partial charge in [-0.25, -0.2) is 9.59 Å². The van der Waals surface area contributed by atoms with Crippen LogP contribution in [0.15, 0.2) is 29.8 Å². The minimum atomic E-state index is -1.23. The third-order valence-corrected chi connectivity index (χ3v) is 4.33. The van der Waals surface area contributed by atoms with E-state index in [-0.39, 0.29) is 11.6 Å². The zero-order valence-corrected chi connectivity index (χ0v) is 15.9. The van der Waals surface area contributed by atoms with E-state index in [2.05, 4.69) is 10.6 Å². The fourth-order valence-corrected chi connectivity index (χ4v) is 2.82. The Hall–Kier alpha value is -3.34. The zero-order chi connectivity index (χ0) is 20.5. The number of amides is 3. The summed E-state index contributed by atoms with van der Waals surface area (Å²) in [6, 6.07) is 7.97. The van der Waals surface area contributed by atoms with Crippen LogP contribution in [0.5, 0.6) is 5.75 Å². The van der Waals surface area contributed by atoms with Crippen molar-refractivity contribution in [1.29, 1.82) is 5.26 Å². The van der Waals surface area contributed by atoms with E-state index < -0.39 is 24.0 Å². The van der Waals surface area contributed by atoms with Crippen molar-refractivity contribution in [3.05, 3.63) is 35.4 Å². The minimum absolute atomic E-state index is 0.0571. The quantitative estimate of drug-likeness (QED) is 0.441. The number of carbonyl (C=O) groups excluding carboxylic acids is 3. The third-order valence-electron chi connectivity index (χ3n) is 4.33. The van der Waals surface area contributed by atoms with Crippen LogP contribution < -0.4 is 15.4 Å². The van der Waals surface area contributed by atoms with Crippen molar-refractivity contribution in [2.24, 2.45) is 0 Å². The molecule has 0 spiro atoms. The second kappa shape index (κ2) is 10.1. The van der Waals surface area contributed by atoms with Gasteiger partial charge in [0.15, 0.2) is 6.10 Å². The normalized spacial score (nSPS) is 15.2. The Morgan fingerprint density at radius 1 is 1.29 bits per heavy atom.